The van der Waals surface area contributed by atoms with Gasteiger partial charge in [0.15, 0.2) is 5.75 Å². The van der Waals surface area contributed by atoms with E-state index >= 15 is 0 Å². The van der Waals surface area contributed by atoms with Crippen molar-refractivity contribution in [1.82, 2.24) is 0 Å². The van der Waals surface area contributed by atoms with E-state index in [-0.39, 0.29) is 24.1 Å². The largest absolute Gasteiger partial charge is 0.484 e. The highest BCUT2D eigenvalue weighted by molar-refractivity contribution is 5.48. The van der Waals surface area contributed by atoms with E-state index in [1.807, 2.05) is 13.8 Å². The SMILES string of the molecule is CCC(C)Oc1ccc(CO)cc1[N+](=O)[O-]. The summed E-state index contributed by atoms with van der Waals surface area (Å²) in [4.78, 5) is 10.3. The maximum atomic E-state index is 10.8. The molecule has 88 valence electrons. The molecule has 5 nitrogen and oxygen atoms in total. The topological polar surface area (TPSA) is 72.6 Å². The van der Waals surface area contributed by atoms with E-state index in [0.717, 1.165) is 6.42 Å². The van der Waals surface area contributed by atoms with Gasteiger partial charge in [0.2, 0.25) is 0 Å². The van der Waals surface area contributed by atoms with Gasteiger partial charge in [-0.25, -0.2) is 0 Å². The number of aliphatic hydroxyl groups is 1. The van der Waals surface area contributed by atoms with Crippen molar-refractivity contribution >= 4 is 5.69 Å². The van der Waals surface area contributed by atoms with E-state index in [0.29, 0.717) is 5.56 Å². The summed E-state index contributed by atoms with van der Waals surface area (Å²) in [6.07, 6.45) is 0.706. The van der Waals surface area contributed by atoms with Gasteiger partial charge in [0.05, 0.1) is 17.6 Å². The number of hydrogen-bond donors (Lipinski definition) is 1. The standard InChI is InChI=1S/C11H15NO4/c1-3-8(2)16-11-5-4-9(7-13)6-10(11)12(14)15/h4-6,8,13H,3,7H2,1-2H3. The molecule has 0 amide bonds. The molecule has 1 atom stereocenters. The van der Waals surface area contributed by atoms with Gasteiger partial charge in [-0.1, -0.05) is 13.0 Å². The first-order valence-corrected chi connectivity index (χ1v) is 5.13. The highest BCUT2D eigenvalue weighted by Gasteiger charge is 2.17. The minimum Gasteiger partial charge on any atom is -0.484 e. The molecule has 16 heavy (non-hydrogen) atoms. The Hall–Kier alpha value is -1.62. The summed E-state index contributed by atoms with van der Waals surface area (Å²) < 4.78 is 5.43. The molecule has 0 aliphatic rings. The Bertz CT molecular complexity index is 378. The van der Waals surface area contributed by atoms with Crippen LogP contribution in [0.25, 0.3) is 0 Å². The number of benzene rings is 1. The number of hydrogen-bond acceptors (Lipinski definition) is 4. The molecular formula is C11H15NO4. The molecule has 0 saturated carbocycles. The van der Waals surface area contributed by atoms with E-state index in [9.17, 15) is 10.1 Å². The first kappa shape index (κ1) is 12.4. The Morgan fingerprint density at radius 3 is 2.75 bits per heavy atom. The van der Waals surface area contributed by atoms with Gasteiger partial charge < -0.3 is 9.84 Å². The number of nitrogens with zero attached hydrogens (tertiary/aromatic N) is 1. The Morgan fingerprint density at radius 2 is 2.25 bits per heavy atom. The first-order chi connectivity index (χ1) is 7.58. The molecule has 0 spiro atoms. The highest BCUT2D eigenvalue weighted by atomic mass is 16.6. The van der Waals surface area contributed by atoms with E-state index < -0.39 is 4.92 Å². The van der Waals surface area contributed by atoms with Crippen LogP contribution in [0, 0.1) is 10.1 Å². The molecule has 0 radical (unpaired) electrons. The molecule has 0 saturated heterocycles. The normalized spacial score (nSPS) is 12.2. The van der Waals surface area contributed by atoms with Gasteiger partial charge in [-0.3, -0.25) is 10.1 Å². The van der Waals surface area contributed by atoms with E-state index in [1.54, 1.807) is 6.07 Å². The van der Waals surface area contributed by atoms with Crippen molar-refractivity contribution in [1.29, 1.82) is 0 Å². The van der Waals surface area contributed by atoms with Crippen molar-refractivity contribution in [2.75, 3.05) is 0 Å². The molecule has 1 N–H and O–H groups in total. The average molecular weight is 225 g/mol. The number of aliphatic hydroxyl groups excluding tert-OH is 1. The van der Waals surface area contributed by atoms with E-state index in [1.165, 1.54) is 12.1 Å². The zero-order valence-corrected chi connectivity index (χ0v) is 9.34. The van der Waals surface area contributed by atoms with Crippen LogP contribution in [0.5, 0.6) is 5.75 Å². The van der Waals surface area contributed by atoms with Gasteiger partial charge in [-0.2, -0.15) is 0 Å². The fourth-order valence-corrected chi connectivity index (χ4v) is 1.20. The lowest BCUT2D eigenvalue weighted by Gasteiger charge is -2.12. The van der Waals surface area contributed by atoms with Crippen LogP contribution in [0.4, 0.5) is 5.69 Å². The third-order valence-corrected chi connectivity index (χ3v) is 2.31. The van der Waals surface area contributed by atoms with Crippen LogP contribution in [0.3, 0.4) is 0 Å². The van der Waals surface area contributed by atoms with Crippen LogP contribution in [0.2, 0.25) is 0 Å². The molecule has 1 aromatic carbocycles. The lowest BCUT2D eigenvalue weighted by molar-refractivity contribution is -0.386. The Balaban J connectivity index is 3.03. The lowest BCUT2D eigenvalue weighted by atomic mass is 10.2. The molecule has 0 aromatic heterocycles. The molecule has 1 rings (SSSR count). The minimum absolute atomic E-state index is 0.0707. The lowest BCUT2D eigenvalue weighted by Crippen LogP contribution is -2.11. The maximum absolute atomic E-state index is 10.8. The van der Waals surface area contributed by atoms with Crippen molar-refractivity contribution in [3.8, 4) is 5.75 Å². The second-order valence-electron chi connectivity index (χ2n) is 3.55. The van der Waals surface area contributed by atoms with Crippen molar-refractivity contribution in [3.63, 3.8) is 0 Å². The summed E-state index contributed by atoms with van der Waals surface area (Å²) in [5.74, 6) is 0.247. The average Bonchev–Trinajstić information content (AvgIpc) is 2.29. The summed E-state index contributed by atoms with van der Waals surface area (Å²) in [6.45, 7) is 3.58. The molecule has 5 heteroatoms. The quantitative estimate of drug-likeness (QED) is 0.616. The third kappa shape index (κ3) is 2.93. The summed E-state index contributed by atoms with van der Waals surface area (Å²) in [6, 6.07) is 4.47. The number of ether oxygens (including phenoxy) is 1. The third-order valence-electron chi connectivity index (χ3n) is 2.31. The molecular weight excluding hydrogens is 210 g/mol. The molecule has 0 aliphatic heterocycles. The number of nitro groups is 1. The molecule has 0 heterocycles. The van der Waals surface area contributed by atoms with Crippen LogP contribution in [-0.4, -0.2) is 16.1 Å². The molecule has 1 aromatic rings. The predicted molar refractivity (Wildman–Crippen MR) is 59.4 cm³/mol. The Morgan fingerprint density at radius 1 is 1.56 bits per heavy atom. The zero-order valence-electron chi connectivity index (χ0n) is 9.34. The predicted octanol–water partition coefficient (Wildman–Crippen LogP) is 2.26. The summed E-state index contributed by atoms with van der Waals surface area (Å²) >= 11 is 0. The monoisotopic (exact) mass is 225 g/mol. The van der Waals surface area contributed by atoms with Gasteiger partial charge in [0.1, 0.15) is 0 Å². The van der Waals surface area contributed by atoms with Gasteiger partial charge in [0.25, 0.3) is 0 Å². The van der Waals surface area contributed by atoms with Crippen molar-refractivity contribution in [3.05, 3.63) is 33.9 Å². The zero-order chi connectivity index (χ0) is 12.1. The van der Waals surface area contributed by atoms with Crippen LogP contribution in [0.1, 0.15) is 25.8 Å². The van der Waals surface area contributed by atoms with E-state index in [4.69, 9.17) is 9.84 Å². The van der Waals surface area contributed by atoms with Crippen molar-refractivity contribution in [2.45, 2.75) is 33.0 Å². The van der Waals surface area contributed by atoms with Gasteiger partial charge >= 0.3 is 5.69 Å². The smallest absolute Gasteiger partial charge is 0.311 e. The fourth-order valence-electron chi connectivity index (χ4n) is 1.20. The Labute approximate surface area is 93.8 Å². The highest BCUT2D eigenvalue weighted by Crippen LogP contribution is 2.29. The van der Waals surface area contributed by atoms with Crippen molar-refractivity contribution in [2.24, 2.45) is 0 Å². The summed E-state index contributed by atoms with van der Waals surface area (Å²) in [5, 5.41) is 19.7. The molecule has 0 aliphatic carbocycles. The van der Waals surface area contributed by atoms with Gasteiger partial charge in [-0.05, 0) is 25.0 Å². The van der Waals surface area contributed by atoms with Crippen LogP contribution in [-0.2, 0) is 6.61 Å². The summed E-state index contributed by atoms with van der Waals surface area (Å²) in [5.41, 5.74) is 0.398. The minimum atomic E-state index is -0.503. The van der Waals surface area contributed by atoms with Crippen LogP contribution in [0.15, 0.2) is 18.2 Å². The summed E-state index contributed by atoms with van der Waals surface area (Å²) in [7, 11) is 0. The second-order valence-corrected chi connectivity index (χ2v) is 3.55. The fraction of sp³-hybridized carbons (Fsp3) is 0.455. The van der Waals surface area contributed by atoms with Gasteiger partial charge in [0, 0.05) is 6.07 Å². The second kappa shape index (κ2) is 5.46. The molecule has 0 fully saturated rings. The van der Waals surface area contributed by atoms with Crippen molar-refractivity contribution < 1.29 is 14.8 Å². The first-order valence-electron chi connectivity index (χ1n) is 5.13. The maximum Gasteiger partial charge on any atom is 0.311 e. The molecule has 1 unspecified atom stereocenters. The number of nitro benzene ring substituents is 1. The van der Waals surface area contributed by atoms with Crippen LogP contribution < -0.4 is 4.74 Å². The van der Waals surface area contributed by atoms with Crippen LogP contribution >= 0.6 is 0 Å². The molecule has 0 bridgehead atoms. The number of rotatable bonds is 5. The van der Waals surface area contributed by atoms with E-state index in [2.05, 4.69) is 0 Å². The Kier molecular flexibility index (Phi) is 4.25. The van der Waals surface area contributed by atoms with Gasteiger partial charge in [-0.15, -0.1) is 0 Å².